The number of hydrogen-bond acceptors (Lipinski definition) is 4. The molecule has 2 aromatic carbocycles. The number of alkyl carbamates (subject to hydrolysis) is 1. The molecule has 2 amide bonds. The van der Waals surface area contributed by atoms with Crippen LogP contribution in [0.1, 0.15) is 57.6 Å². The molecule has 4 rings (SSSR count). The van der Waals surface area contributed by atoms with Gasteiger partial charge in [-0.15, -0.1) is 0 Å². The number of rotatable bonds is 6. The van der Waals surface area contributed by atoms with E-state index in [2.05, 4.69) is 29.6 Å². The van der Waals surface area contributed by atoms with Crippen LogP contribution in [0.2, 0.25) is 0 Å². The first-order chi connectivity index (χ1) is 16.6. The van der Waals surface area contributed by atoms with Crippen molar-refractivity contribution < 1.29 is 24.2 Å². The number of benzene rings is 2. The number of hydrogen-bond donors (Lipinski definition) is 2. The number of carbonyl (C=O) groups is 3. The minimum atomic E-state index is -0.878. The molecule has 2 aromatic rings. The van der Waals surface area contributed by atoms with Gasteiger partial charge in [0.15, 0.2) is 0 Å². The van der Waals surface area contributed by atoms with Gasteiger partial charge in [-0.05, 0) is 41.0 Å². The van der Waals surface area contributed by atoms with Crippen molar-refractivity contribution in [3.8, 4) is 11.1 Å². The van der Waals surface area contributed by atoms with Crippen LogP contribution in [0, 0.1) is 11.3 Å². The summed E-state index contributed by atoms with van der Waals surface area (Å²) >= 11 is 0. The summed E-state index contributed by atoms with van der Waals surface area (Å²) in [6.45, 7) is 8.27. The summed E-state index contributed by atoms with van der Waals surface area (Å²) in [7, 11) is 0. The van der Waals surface area contributed by atoms with Crippen molar-refractivity contribution in [1.29, 1.82) is 0 Å². The van der Waals surface area contributed by atoms with Crippen molar-refractivity contribution in [3.63, 3.8) is 0 Å². The van der Waals surface area contributed by atoms with Gasteiger partial charge in [0.2, 0.25) is 5.91 Å². The van der Waals surface area contributed by atoms with Crippen molar-refractivity contribution in [2.75, 3.05) is 13.2 Å². The summed E-state index contributed by atoms with van der Waals surface area (Å²) in [6.07, 6.45) is -0.0236. The Morgan fingerprint density at radius 1 is 1.06 bits per heavy atom. The quantitative estimate of drug-likeness (QED) is 0.630. The second-order valence-electron chi connectivity index (χ2n) is 10.7. The number of carboxylic acid groups (broad SMARTS) is 1. The zero-order valence-corrected chi connectivity index (χ0v) is 20.8. The third-order valence-electron chi connectivity index (χ3n) is 7.45. The lowest BCUT2D eigenvalue weighted by Crippen LogP contribution is -2.48. The van der Waals surface area contributed by atoms with Crippen LogP contribution < -0.4 is 5.32 Å². The molecule has 186 valence electrons. The molecule has 0 spiro atoms. The Morgan fingerprint density at radius 3 is 2.14 bits per heavy atom. The van der Waals surface area contributed by atoms with Crippen LogP contribution in [0.25, 0.3) is 11.1 Å². The Morgan fingerprint density at radius 2 is 1.63 bits per heavy atom. The minimum Gasteiger partial charge on any atom is -0.481 e. The number of nitrogens with one attached hydrogen (secondary N) is 1. The molecule has 3 atom stereocenters. The smallest absolute Gasteiger partial charge is 0.407 e. The van der Waals surface area contributed by atoms with E-state index in [1.54, 1.807) is 11.8 Å². The lowest BCUT2D eigenvalue weighted by atomic mass is 9.84. The van der Waals surface area contributed by atoms with Gasteiger partial charge in [0, 0.05) is 31.0 Å². The van der Waals surface area contributed by atoms with E-state index in [1.165, 1.54) is 0 Å². The van der Waals surface area contributed by atoms with Crippen molar-refractivity contribution >= 4 is 18.0 Å². The Labute approximate surface area is 206 Å². The maximum Gasteiger partial charge on any atom is 0.407 e. The molecule has 1 aliphatic heterocycles. The summed E-state index contributed by atoms with van der Waals surface area (Å²) in [4.78, 5) is 39.0. The molecule has 2 aliphatic rings. The highest BCUT2D eigenvalue weighted by atomic mass is 16.5. The standard InChI is InChI=1S/C28H34N2O5/c1-17-18(26(32)33)13-14-30(17)25(31)15-24(28(2,3)4)29-27(34)35-16-23-21-11-7-5-9-19(21)20-10-6-8-12-22(20)23/h5-12,17-18,23-24H,13-16H2,1-4H3,(H,29,34)(H,32,33). The number of likely N-dealkylation sites (tertiary alicyclic amines) is 1. The van der Waals surface area contributed by atoms with Crippen LogP contribution in [0.15, 0.2) is 48.5 Å². The number of aliphatic carboxylic acids is 1. The van der Waals surface area contributed by atoms with Crippen LogP contribution in [-0.4, -0.2) is 53.2 Å². The predicted molar refractivity (Wildman–Crippen MR) is 133 cm³/mol. The first-order valence-corrected chi connectivity index (χ1v) is 12.2. The van der Waals surface area contributed by atoms with Crippen molar-refractivity contribution in [3.05, 3.63) is 59.7 Å². The molecule has 7 heteroatoms. The van der Waals surface area contributed by atoms with Gasteiger partial charge in [-0.2, -0.15) is 0 Å². The van der Waals surface area contributed by atoms with Gasteiger partial charge in [-0.25, -0.2) is 4.79 Å². The molecule has 1 heterocycles. The summed E-state index contributed by atoms with van der Waals surface area (Å²) in [5.74, 6) is -1.62. The summed E-state index contributed by atoms with van der Waals surface area (Å²) in [5, 5.41) is 12.3. The average Bonchev–Trinajstić information content (AvgIpc) is 3.35. The van der Waals surface area contributed by atoms with E-state index >= 15 is 0 Å². The fraction of sp³-hybridized carbons (Fsp3) is 0.464. The van der Waals surface area contributed by atoms with E-state index < -0.39 is 29.4 Å². The van der Waals surface area contributed by atoms with Gasteiger partial charge in [0.05, 0.1) is 5.92 Å². The molecule has 0 aromatic heterocycles. The van der Waals surface area contributed by atoms with Crippen LogP contribution in [0.5, 0.6) is 0 Å². The first kappa shape index (κ1) is 24.8. The molecule has 0 radical (unpaired) electrons. The lowest BCUT2D eigenvalue weighted by Gasteiger charge is -2.33. The SMILES string of the molecule is CC1C(C(=O)O)CCN1C(=O)CC(NC(=O)OCC1c2ccccc2-c2ccccc21)C(C)(C)C. The van der Waals surface area contributed by atoms with Gasteiger partial charge in [0.25, 0.3) is 0 Å². The highest BCUT2D eigenvalue weighted by Gasteiger charge is 2.40. The summed E-state index contributed by atoms with van der Waals surface area (Å²) in [6, 6.07) is 15.5. The molecule has 1 aliphatic carbocycles. The Balaban J connectivity index is 1.40. The Hall–Kier alpha value is -3.35. The molecule has 0 bridgehead atoms. The number of fused-ring (bicyclic) bond motifs is 3. The fourth-order valence-electron chi connectivity index (χ4n) is 5.27. The summed E-state index contributed by atoms with van der Waals surface area (Å²) in [5.41, 5.74) is 4.21. The number of ether oxygens (including phenoxy) is 1. The van der Waals surface area contributed by atoms with Crippen LogP contribution in [0.3, 0.4) is 0 Å². The van der Waals surface area contributed by atoms with Crippen LogP contribution in [0.4, 0.5) is 4.79 Å². The molecular weight excluding hydrogens is 444 g/mol. The third kappa shape index (κ3) is 5.04. The largest absolute Gasteiger partial charge is 0.481 e. The van der Waals surface area contributed by atoms with Crippen LogP contribution >= 0.6 is 0 Å². The topological polar surface area (TPSA) is 95.9 Å². The Kier molecular flexibility index (Phi) is 6.88. The zero-order valence-electron chi connectivity index (χ0n) is 20.8. The van der Waals surface area contributed by atoms with E-state index in [4.69, 9.17) is 4.74 Å². The number of amides is 2. The van der Waals surface area contributed by atoms with E-state index in [-0.39, 0.29) is 30.9 Å². The molecule has 35 heavy (non-hydrogen) atoms. The monoisotopic (exact) mass is 478 g/mol. The number of nitrogens with zero attached hydrogens (tertiary/aromatic N) is 1. The van der Waals surface area contributed by atoms with Crippen LogP contribution in [-0.2, 0) is 14.3 Å². The maximum atomic E-state index is 13.0. The summed E-state index contributed by atoms with van der Waals surface area (Å²) < 4.78 is 5.69. The van der Waals surface area contributed by atoms with E-state index in [1.807, 2.05) is 45.0 Å². The normalized spacial score (nSPS) is 20.2. The Bertz CT molecular complexity index is 1080. The van der Waals surface area contributed by atoms with E-state index in [9.17, 15) is 19.5 Å². The lowest BCUT2D eigenvalue weighted by molar-refractivity contribution is -0.143. The zero-order chi connectivity index (χ0) is 25.3. The highest BCUT2D eigenvalue weighted by molar-refractivity contribution is 5.81. The van der Waals surface area contributed by atoms with Crippen molar-refractivity contribution in [1.82, 2.24) is 10.2 Å². The number of carboxylic acids is 1. The van der Waals surface area contributed by atoms with Gasteiger partial charge < -0.3 is 20.1 Å². The predicted octanol–water partition coefficient (Wildman–Crippen LogP) is 4.65. The molecule has 1 saturated heterocycles. The molecule has 0 saturated carbocycles. The second kappa shape index (κ2) is 9.72. The molecule has 7 nitrogen and oxygen atoms in total. The van der Waals surface area contributed by atoms with Crippen molar-refractivity contribution in [2.45, 2.75) is 58.5 Å². The molecule has 1 fully saturated rings. The maximum absolute atomic E-state index is 13.0. The van der Waals surface area contributed by atoms with Gasteiger partial charge in [-0.1, -0.05) is 69.3 Å². The average molecular weight is 479 g/mol. The second-order valence-corrected chi connectivity index (χ2v) is 10.7. The van der Waals surface area contributed by atoms with Gasteiger partial charge in [-0.3, -0.25) is 9.59 Å². The first-order valence-electron chi connectivity index (χ1n) is 12.2. The van der Waals surface area contributed by atoms with E-state index in [0.717, 1.165) is 22.3 Å². The van der Waals surface area contributed by atoms with Crippen molar-refractivity contribution in [2.24, 2.45) is 11.3 Å². The fourth-order valence-corrected chi connectivity index (χ4v) is 5.27. The number of carbonyl (C=O) groups excluding carboxylic acids is 2. The minimum absolute atomic E-state index is 0.0405. The highest BCUT2D eigenvalue weighted by Crippen LogP contribution is 2.44. The molecule has 3 unspecified atom stereocenters. The van der Waals surface area contributed by atoms with E-state index in [0.29, 0.717) is 13.0 Å². The van der Waals surface area contributed by atoms with Gasteiger partial charge >= 0.3 is 12.1 Å². The molecule has 2 N–H and O–H groups in total. The van der Waals surface area contributed by atoms with Gasteiger partial charge in [0.1, 0.15) is 6.61 Å². The molecular formula is C28H34N2O5. The third-order valence-corrected chi connectivity index (χ3v) is 7.45.